The molecule has 0 atom stereocenters. The van der Waals surface area contributed by atoms with E-state index in [9.17, 15) is 4.79 Å². The Morgan fingerprint density at radius 2 is 1.88 bits per heavy atom. The van der Waals surface area contributed by atoms with Gasteiger partial charge in [-0.05, 0) is 19.9 Å². The average molecular weight is 222 g/mol. The van der Waals surface area contributed by atoms with Crippen LogP contribution in [-0.4, -0.2) is 60.1 Å². The Balaban J connectivity index is 1.73. The van der Waals surface area contributed by atoms with E-state index in [1.165, 1.54) is 0 Å². The average Bonchev–Trinajstić information content (AvgIpc) is 2.18. The molecule has 2 fully saturated rings. The summed E-state index contributed by atoms with van der Waals surface area (Å²) in [7, 11) is 2.15. The van der Waals surface area contributed by atoms with E-state index in [0.29, 0.717) is 12.0 Å². The zero-order chi connectivity index (χ0) is 11.5. The van der Waals surface area contributed by atoms with Crippen LogP contribution in [-0.2, 0) is 4.79 Å². The van der Waals surface area contributed by atoms with Crippen LogP contribution in [0.25, 0.3) is 0 Å². The smallest absolute Gasteiger partial charge is 0.381 e. The summed E-state index contributed by atoms with van der Waals surface area (Å²) in [6.07, 6.45) is 2.09. The summed E-state index contributed by atoms with van der Waals surface area (Å²) in [4.78, 5) is 15.1. The molecule has 0 aromatic heterocycles. The summed E-state index contributed by atoms with van der Waals surface area (Å²) in [5.41, 5.74) is 0. The Labute approximate surface area is 96.2 Å². The van der Waals surface area contributed by atoms with Crippen molar-refractivity contribution in [3.63, 3.8) is 0 Å². The second kappa shape index (κ2) is 4.86. The predicted molar refractivity (Wildman–Crippen MR) is 61.0 cm³/mol. The van der Waals surface area contributed by atoms with Crippen molar-refractivity contribution in [1.29, 1.82) is 0 Å². The van der Waals surface area contributed by atoms with Crippen LogP contribution in [0.5, 0.6) is 0 Å². The third-order valence-electron chi connectivity index (χ3n) is 3.55. The number of carbonyl (C=O) groups is 1. The number of rotatable bonds is 1. The molecule has 1 aliphatic carbocycles. The number of carboxylic acid groups (broad SMARTS) is 1. The monoisotopic (exact) mass is 222 g/mol. The summed E-state index contributed by atoms with van der Waals surface area (Å²) in [6, 6.07) is 0.641. The van der Waals surface area contributed by atoms with Crippen LogP contribution in [0, 0.1) is 17.8 Å². The van der Waals surface area contributed by atoms with Gasteiger partial charge in [0.05, 0.1) is 0 Å². The minimum absolute atomic E-state index is 0.306. The van der Waals surface area contributed by atoms with E-state index in [4.69, 9.17) is 5.11 Å². The third kappa shape index (κ3) is 2.75. The largest absolute Gasteiger partial charge is 0.472 e. The maximum atomic E-state index is 10.3. The second-order valence-corrected chi connectivity index (χ2v) is 4.74. The van der Waals surface area contributed by atoms with E-state index in [0.717, 1.165) is 39.0 Å². The van der Waals surface area contributed by atoms with Gasteiger partial charge in [0, 0.05) is 44.1 Å². The van der Waals surface area contributed by atoms with Gasteiger partial charge in [0.25, 0.3) is 0 Å². The first-order chi connectivity index (χ1) is 7.65. The van der Waals surface area contributed by atoms with Crippen LogP contribution in [0.3, 0.4) is 0 Å². The molecule has 2 aliphatic rings. The van der Waals surface area contributed by atoms with Gasteiger partial charge in [-0.1, -0.05) is 5.92 Å². The van der Waals surface area contributed by atoms with Gasteiger partial charge in [-0.3, -0.25) is 4.90 Å². The van der Waals surface area contributed by atoms with Crippen LogP contribution in [0.1, 0.15) is 12.8 Å². The van der Waals surface area contributed by atoms with E-state index < -0.39 is 5.97 Å². The molecule has 0 amide bonds. The minimum atomic E-state index is -1.01. The lowest BCUT2D eigenvalue weighted by Gasteiger charge is -2.44. The number of piperazine rings is 1. The Morgan fingerprint density at radius 1 is 1.25 bits per heavy atom. The Kier molecular flexibility index (Phi) is 3.47. The molecule has 1 heterocycles. The van der Waals surface area contributed by atoms with Gasteiger partial charge in [-0.15, -0.1) is 0 Å². The molecule has 0 unspecified atom stereocenters. The number of carboxylic acids is 1. The summed E-state index contributed by atoms with van der Waals surface area (Å²) >= 11 is 0. The highest BCUT2D eigenvalue weighted by Crippen LogP contribution is 2.31. The highest BCUT2D eigenvalue weighted by Gasteiger charge is 2.33. The molecular weight excluding hydrogens is 204 g/mol. The van der Waals surface area contributed by atoms with E-state index >= 15 is 0 Å². The summed E-state index contributed by atoms with van der Waals surface area (Å²) in [5, 5.41) is 8.44. The lowest BCUT2D eigenvalue weighted by atomic mass is 9.79. The quantitative estimate of drug-likeness (QED) is 0.639. The lowest BCUT2D eigenvalue weighted by molar-refractivity contribution is -0.130. The van der Waals surface area contributed by atoms with Gasteiger partial charge in [0.1, 0.15) is 0 Å². The SMILES string of the molecule is CN1CCN(C2CC(C#CC(=O)O)C2)CC1. The first-order valence-corrected chi connectivity index (χ1v) is 5.82. The topological polar surface area (TPSA) is 43.8 Å². The molecule has 0 bridgehead atoms. The Bertz CT molecular complexity index is 318. The van der Waals surface area contributed by atoms with E-state index in [2.05, 4.69) is 28.7 Å². The first-order valence-electron chi connectivity index (χ1n) is 5.82. The fourth-order valence-corrected chi connectivity index (χ4v) is 2.35. The third-order valence-corrected chi connectivity index (χ3v) is 3.55. The zero-order valence-corrected chi connectivity index (χ0v) is 9.65. The number of hydrogen-bond donors (Lipinski definition) is 1. The van der Waals surface area contributed by atoms with Crippen molar-refractivity contribution in [2.45, 2.75) is 18.9 Å². The maximum absolute atomic E-state index is 10.3. The molecule has 16 heavy (non-hydrogen) atoms. The number of nitrogens with zero attached hydrogens (tertiary/aromatic N) is 2. The zero-order valence-electron chi connectivity index (χ0n) is 9.65. The predicted octanol–water partition coefficient (Wildman–Crippen LogP) is 0.100. The summed E-state index contributed by atoms with van der Waals surface area (Å²) in [5.74, 6) is 4.32. The molecular formula is C12H18N2O2. The highest BCUT2D eigenvalue weighted by atomic mass is 16.4. The molecule has 1 aliphatic heterocycles. The van der Waals surface area contributed by atoms with E-state index in [1.807, 2.05) is 0 Å². The van der Waals surface area contributed by atoms with E-state index in [-0.39, 0.29) is 0 Å². The van der Waals surface area contributed by atoms with Crippen LogP contribution in [0.15, 0.2) is 0 Å². The van der Waals surface area contributed by atoms with Crippen LogP contribution < -0.4 is 0 Å². The van der Waals surface area contributed by atoms with Crippen molar-refractivity contribution in [3.05, 3.63) is 0 Å². The molecule has 0 aromatic rings. The van der Waals surface area contributed by atoms with Crippen molar-refractivity contribution in [1.82, 2.24) is 9.80 Å². The van der Waals surface area contributed by atoms with Gasteiger partial charge in [0.2, 0.25) is 0 Å². The molecule has 1 saturated carbocycles. The van der Waals surface area contributed by atoms with Crippen molar-refractivity contribution in [2.24, 2.45) is 5.92 Å². The van der Waals surface area contributed by atoms with Crippen molar-refractivity contribution < 1.29 is 9.90 Å². The second-order valence-electron chi connectivity index (χ2n) is 4.74. The van der Waals surface area contributed by atoms with Crippen molar-refractivity contribution in [3.8, 4) is 11.8 Å². The molecule has 0 spiro atoms. The fourth-order valence-electron chi connectivity index (χ4n) is 2.35. The summed E-state index contributed by atoms with van der Waals surface area (Å²) in [6.45, 7) is 4.56. The van der Waals surface area contributed by atoms with Gasteiger partial charge >= 0.3 is 5.97 Å². The maximum Gasteiger partial charge on any atom is 0.381 e. The minimum Gasteiger partial charge on any atom is -0.472 e. The van der Waals surface area contributed by atoms with Crippen molar-refractivity contribution >= 4 is 5.97 Å². The van der Waals surface area contributed by atoms with Crippen LogP contribution >= 0.6 is 0 Å². The molecule has 0 aromatic carbocycles. The molecule has 4 heteroatoms. The van der Waals surface area contributed by atoms with Crippen LogP contribution in [0.2, 0.25) is 0 Å². The van der Waals surface area contributed by atoms with Gasteiger partial charge in [-0.25, -0.2) is 4.79 Å². The number of likely N-dealkylation sites (N-methyl/N-ethyl adjacent to an activating group) is 1. The highest BCUT2D eigenvalue weighted by molar-refractivity contribution is 5.86. The standard InChI is InChI=1S/C12H18N2O2/c1-13-4-6-14(7-5-13)11-8-10(9-11)2-3-12(15)16/h10-11H,4-9H2,1H3,(H,15,16). The molecule has 88 valence electrons. The molecule has 0 radical (unpaired) electrons. The number of hydrogen-bond acceptors (Lipinski definition) is 3. The van der Waals surface area contributed by atoms with Gasteiger partial charge < -0.3 is 10.0 Å². The molecule has 2 rings (SSSR count). The number of aliphatic carboxylic acids is 1. The molecule has 1 saturated heterocycles. The lowest BCUT2D eigenvalue weighted by Crippen LogP contribution is -2.53. The Morgan fingerprint density at radius 3 is 2.44 bits per heavy atom. The van der Waals surface area contributed by atoms with E-state index in [1.54, 1.807) is 0 Å². The van der Waals surface area contributed by atoms with Crippen LogP contribution in [0.4, 0.5) is 0 Å². The van der Waals surface area contributed by atoms with Gasteiger partial charge in [0.15, 0.2) is 0 Å². The molecule has 4 nitrogen and oxygen atoms in total. The van der Waals surface area contributed by atoms with Gasteiger partial charge in [-0.2, -0.15) is 0 Å². The fraction of sp³-hybridized carbons (Fsp3) is 0.750. The summed E-state index contributed by atoms with van der Waals surface area (Å²) < 4.78 is 0. The first kappa shape index (κ1) is 11.4. The normalized spacial score (nSPS) is 31.3. The van der Waals surface area contributed by atoms with Crippen molar-refractivity contribution in [2.75, 3.05) is 33.2 Å². The molecule has 1 N–H and O–H groups in total. The Hall–Kier alpha value is -1.05.